The number of hydrogen-bond acceptors (Lipinski definition) is 6. The summed E-state index contributed by atoms with van der Waals surface area (Å²) in [7, 11) is 0. The number of aliphatic hydroxyl groups excluding tert-OH is 1. The Hall–Kier alpha value is -2.12. The summed E-state index contributed by atoms with van der Waals surface area (Å²) < 4.78 is 1.49. The number of fused-ring (bicyclic) bond motifs is 1. The highest BCUT2D eigenvalue weighted by Crippen LogP contribution is 2.25. The average molecular weight is 315 g/mol. The minimum absolute atomic E-state index is 0.630. The molecule has 0 saturated carbocycles. The molecule has 0 aliphatic rings. The topological polar surface area (TPSA) is 75.9 Å². The molecule has 6 nitrogen and oxygen atoms in total. The number of rotatable bonds is 5. The van der Waals surface area contributed by atoms with Gasteiger partial charge in [0.15, 0.2) is 10.8 Å². The average Bonchev–Trinajstić information content (AvgIpc) is 2.97. The van der Waals surface area contributed by atoms with Gasteiger partial charge in [0.25, 0.3) is 0 Å². The lowest BCUT2D eigenvalue weighted by atomic mass is 10.2. The highest BCUT2D eigenvalue weighted by Gasteiger charge is 2.14. The number of anilines is 1. The molecular formula is C15H17N5OS. The molecule has 3 rings (SSSR count). The predicted octanol–water partition coefficient (Wildman–Crippen LogP) is 2.67. The summed E-state index contributed by atoms with van der Waals surface area (Å²) in [6.45, 7) is 2.32. The largest absolute Gasteiger partial charge is 0.372 e. The molecule has 0 fully saturated rings. The molecule has 2 N–H and O–H groups in total. The maximum absolute atomic E-state index is 9.79. The van der Waals surface area contributed by atoms with Crippen LogP contribution in [0.25, 0.3) is 11.0 Å². The molecule has 7 heteroatoms. The Kier molecular flexibility index (Phi) is 4.26. The van der Waals surface area contributed by atoms with Crippen molar-refractivity contribution in [1.82, 2.24) is 19.7 Å². The third-order valence-corrected chi connectivity index (χ3v) is 3.82. The van der Waals surface area contributed by atoms with Crippen molar-refractivity contribution in [3.8, 4) is 0 Å². The van der Waals surface area contributed by atoms with Gasteiger partial charge in [-0.1, -0.05) is 42.1 Å². The lowest BCUT2D eigenvalue weighted by Gasteiger charge is -2.10. The second-order valence-corrected chi connectivity index (χ2v) is 5.63. The first kappa shape index (κ1) is 14.8. The fraction of sp³-hybridized carbons (Fsp3) is 0.267. The molecular weight excluding hydrogens is 298 g/mol. The zero-order chi connectivity index (χ0) is 15.5. The van der Waals surface area contributed by atoms with E-state index in [-0.39, 0.29) is 0 Å². The van der Waals surface area contributed by atoms with Crippen molar-refractivity contribution in [2.75, 3.05) is 11.6 Å². The van der Waals surface area contributed by atoms with E-state index in [1.165, 1.54) is 22.0 Å². The molecule has 0 aliphatic heterocycles. The van der Waals surface area contributed by atoms with Gasteiger partial charge in [-0.2, -0.15) is 5.10 Å². The molecule has 114 valence electrons. The van der Waals surface area contributed by atoms with E-state index < -0.39 is 6.23 Å². The molecule has 0 radical (unpaired) electrons. The van der Waals surface area contributed by atoms with Crippen molar-refractivity contribution in [3.05, 3.63) is 42.1 Å². The molecule has 2 aromatic heterocycles. The summed E-state index contributed by atoms with van der Waals surface area (Å²) in [4.78, 5) is 8.96. The van der Waals surface area contributed by atoms with Gasteiger partial charge >= 0.3 is 0 Å². The van der Waals surface area contributed by atoms with Gasteiger partial charge in [-0.05, 0) is 18.7 Å². The van der Waals surface area contributed by atoms with Crippen LogP contribution in [0.4, 0.5) is 5.82 Å². The van der Waals surface area contributed by atoms with Gasteiger partial charge in [0.1, 0.15) is 12.0 Å². The lowest BCUT2D eigenvalue weighted by Crippen LogP contribution is -2.08. The fourth-order valence-electron chi connectivity index (χ4n) is 2.19. The number of hydrogen-bond donors (Lipinski definition) is 2. The summed E-state index contributed by atoms with van der Waals surface area (Å²) in [5.41, 5.74) is 1.80. The normalized spacial score (nSPS) is 12.5. The Labute approximate surface area is 132 Å². The van der Waals surface area contributed by atoms with Gasteiger partial charge in [0.2, 0.25) is 0 Å². The summed E-state index contributed by atoms with van der Waals surface area (Å²) >= 11 is 1.46. The molecule has 1 aromatic carbocycles. The van der Waals surface area contributed by atoms with E-state index in [9.17, 15) is 5.11 Å². The first-order valence-electron chi connectivity index (χ1n) is 6.94. The standard InChI is InChI=1S/C15H17N5OS/c1-10(21)20-14-12(9-17-20)13(18-15(19-14)22-2)16-8-11-6-4-3-5-7-11/h3-7,9-10,21H,8H2,1-2H3,(H,16,18,19). The smallest absolute Gasteiger partial charge is 0.191 e. The molecule has 1 atom stereocenters. The molecule has 0 aliphatic carbocycles. The van der Waals surface area contributed by atoms with E-state index in [1.54, 1.807) is 13.1 Å². The quantitative estimate of drug-likeness (QED) is 0.557. The minimum atomic E-state index is -0.732. The molecule has 22 heavy (non-hydrogen) atoms. The highest BCUT2D eigenvalue weighted by molar-refractivity contribution is 7.98. The third-order valence-electron chi connectivity index (χ3n) is 3.27. The van der Waals surface area contributed by atoms with Crippen LogP contribution >= 0.6 is 11.8 Å². The number of aromatic nitrogens is 4. The monoisotopic (exact) mass is 315 g/mol. The van der Waals surface area contributed by atoms with E-state index in [1.807, 2.05) is 24.5 Å². The Balaban J connectivity index is 1.97. The Bertz CT molecular complexity index is 772. The maximum Gasteiger partial charge on any atom is 0.191 e. The first-order valence-corrected chi connectivity index (χ1v) is 8.16. The molecule has 2 heterocycles. The zero-order valence-electron chi connectivity index (χ0n) is 12.4. The number of aliphatic hydroxyl groups is 1. The van der Waals surface area contributed by atoms with Crippen LogP contribution in [0.5, 0.6) is 0 Å². The Morgan fingerprint density at radius 2 is 2.05 bits per heavy atom. The third kappa shape index (κ3) is 2.90. The summed E-state index contributed by atoms with van der Waals surface area (Å²) in [6.07, 6.45) is 2.87. The van der Waals surface area contributed by atoms with Gasteiger partial charge in [-0.25, -0.2) is 14.6 Å². The Morgan fingerprint density at radius 3 is 2.73 bits per heavy atom. The first-order chi connectivity index (χ1) is 10.7. The van der Waals surface area contributed by atoms with Crippen LogP contribution in [0, 0.1) is 0 Å². The van der Waals surface area contributed by atoms with Crippen LogP contribution in [-0.2, 0) is 6.54 Å². The molecule has 0 spiro atoms. The van der Waals surface area contributed by atoms with Crippen LogP contribution in [0.2, 0.25) is 0 Å². The zero-order valence-corrected chi connectivity index (χ0v) is 13.2. The highest BCUT2D eigenvalue weighted by atomic mass is 32.2. The van der Waals surface area contributed by atoms with Gasteiger partial charge < -0.3 is 10.4 Å². The lowest BCUT2D eigenvalue weighted by molar-refractivity contribution is 0.115. The van der Waals surface area contributed by atoms with Crippen molar-refractivity contribution in [2.45, 2.75) is 24.9 Å². The van der Waals surface area contributed by atoms with Crippen LogP contribution in [0.3, 0.4) is 0 Å². The van der Waals surface area contributed by atoms with Gasteiger partial charge in [0.05, 0.1) is 11.6 Å². The van der Waals surface area contributed by atoms with Gasteiger partial charge in [-0.3, -0.25) is 0 Å². The van der Waals surface area contributed by atoms with Crippen molar-refractivity contribution >= 4 is 28.6 Å². The summed E-state index contributed by atoms with van der Waals surface area (Å²) in [6, 6.07) is 10.1. The van der Waals surface area contributed by atoms with Crippen molar-refractivity contribution < 1.29 is 5.11 Å². The van der Waals surface area contributed by atoms with E-state index in [0.29, 0.717) is 17.3 Å². The van der Waals surface area contributed by atoms with E-state index in [2.05, 4.69) is 32.5 Å². The molecule has 0 amide bonds. The second-order valence-electron chi connectivity index (χ2n) is 4.86. The number of benzene rings is 1. The summed E-state index contributed by atoms with van der Waals surface area (Å²) in [5, 5.41) is 18.8. The minimum Gasteiger partial charge on any atom is -0.372 e. The number of nitrogens with one attached hydrogen (secondary N) is 1. The van der Waals surface area contributed by atoms with E-state index >= 15 is 0 Å². The van der Waals surface area contributed by atoms with Crippen LogP contribution < -0.4 is 5.32 Å². The van der Waals surface area contributed by atoms with Crippen LogP contribution in [-0.4, -0.2) is 31.1 Å². The van der Waals surface area contributed by atoms with Crippen LogP contribution in [0.1, 0.15) is 18.7 Å². The SMILES string of the molecule is CSc1nc(NCc2ccccc2)c2cnn(C(C)O)c2n1. The van der Waals surface area contributed by atoms with E-state index in [0.717, 1.165) is 11.2 Å². The van der Waals surface area contributed by atoms with Gasteiger partial charge in [-0.15, -0.1) is 0 Å². The van der Waals surface area contributed by atoms with E-state index in [4.69, 9.17) is 0 Å². The van der Waals surface area contributed by atoms with Crippen molar-refractivity contribution in [2.24, 2.45) is 0 Å². The second kappa shape index (κ2) is 6.33. The maximum atomic E-state index is 9.79. The molecule has 0 bridgehead atoms. The molecule has 1 unspecified atom stereocenters. The van der Waals surface area contributed by atoms with Gasteiger partial charge in [0, 0.05) is 6.54 Å². The van der Waals surface area contributed by atoms with Crippen LogP contribution in [0.15, 0.2) is 41.7 Å². The number of thioether (sulfide) groups is 1. The fourth-order valence-corrected chi connectivity index (χ4v) is 2.55. The van der Waals surface area contributed by atoms with Crippen molar-refractivity contribution in [1.29, 1.82) is 0 Å². The predicted molar refractivity (Wildman–Crippen MR) is 87.8 cm³/mol. The summed E-state index contributed by atoms with van der Waals surface area (Å²) in [5.74, 6) is 0.727. The number of nitrogens with zero attached hydrogens (tertiary/aromatic N) is 4. The van der Waals surface area contributed by atoms with Crippen molar-refractivity contribution in [3.63, 3.8) is 0 Å². The molecule has 0 saturated heterocycles. The molecule has 3 aromatic rings. The Morgan fingerprint density at radius 1 is 1.27 bits per heavy atom.